The van der Waals surface area contributed by atoms with Gasteiger partial charge < -0.3 is 9.16 Å². The zero-order valence-corrected chi connectivity index (χ0v) is 11.5. The fourth-order valence-corrected chi connectivity index (χ4v) is 1.84. The van der Waals surface area contributed by atoms with Crippen LogP contribution in [-0.4, -0.2) is 15.4 Å². The van der Waals surface area contributed by atoms with Crippen LogP contribution in [0.25, 0.3) is 0 Å². The summed E-state index contributed by atoms with van der Waals surface area (Å²) in [6.07, 6.45) is 2.52. The highest BCUT2D eigenvalue weighted by atomic mass is 28.4. The van der Waals surface area contributed by atoms with Crippen LogP contribution < -0.4 is 0 Å². The van der Waals surface area contributed by atoms with E-state index >= 15 is 0 Å². The van der Waals surface area contributed by atoms with Crippen LogP contribution in [0.3, 0.4) is 0 Å². The molecular weight excluding hydrogens is 204 g/mol. The maximum absolute atomic E-state index is 5.82. The maximum Gasteiger partial charge on any atom is 0.268 e. The van der Waals surface area contributed by atoms with E-state index in [2.05, 4.69) is 32.8 Å². The highest BCUT2D eigenvalue weighted by Gasteiger charge is 2.20. The van der Waals surface area contributed by atoms with Gasteiger partial charge in [0, 0.05) is 5.57 Å². The molecule has 2 nitrogen and oxygen atoms in total. The number of ether oxygens (including phenoxy) is 1. The van der Waals surface area contributed by atoms with E-state index in [9.17, 15) is 0 Å². The van der Waals surface area contributed by atoms with Gasteiger partial charge in [-0.1, -0.05) is 24.8 Å². The number of hydrogen-bond donors (Lipinski definition) is 0. The maximum atomic E-state index is 5.82. The molecule has 0 atom stereocenters. The van der Waals surface area contributed by atoms with E-state index in [0.29, 0.717) is 5.95 Å². The second-order valence-electron chi connectivity index (χ2n) is 4.57. The van der Waals surface area contributed by atoms with Crippen LogP contribution >= 0.6 is 0 Å². The summed E-state index contributed by atoms with van der Waals surface area (Å²) in [6.45, 7) is 16.0. The standard InChI is InChI=1S/C12H22O2Si/c1-8-11(9-10(2)3)12(13-4)14-15(5,6)7/h8H,1-2,9H2,3-7H3/b12-11-. The summed E-state index contributed by atoms with van der Waals surface area (Å²) >= 11 is 0. The Labute approximate surface area is 94.4 Å². The van der Waals surface area contributed by atoms with Crippen molar-refractivity contribution in [2.75, 3.05) is 7.11 Å². The Bertz CT molecular complexity index is 272. The van der Waals surface area contributed by atoms with Crippen molar-refractivity contribution in [3.8, 4) is 0 Å². The molecule has 86 valence electrons. The minimum Gasteiger partial charge on any atom is -0.520 e. The van der Waals surface area contributed by atoms with Gasteiger partial charge >= 0.3 is 0 Å². The summed E-state index contributed by atoms with van der Waals surface area (Å²) in [5.41, 5.74) is 2.03. The van der Waals surface area contributed by atoms with Gasteiger partial charge in [0.05, 0.1) is 7.11 Å². The van der Waals surface area contributed by atoms with E-state index < -0.39 is 8.32 Å². The van der Waals surface area contributed by atoms with Crippen molar-refractivity contribution in [2.45, 2.75) is 33.0 Å². The summed E-state index contributed by atoms with van der Waals surface area (Å²) in [5.74, 6) is 0.590. The van der Waals surface area contributed by atoms with Crippen molar-refractivity contribution in [3.63, 3.8) is 0 Å². The summed E-state index contributed by atoms with van der Waals surface area (Å²) in [4.78, 5) is 0. The average molecular weight is 226 g/mol. The predicted octanol–water partition coefficient (Wildman–Crippen LogP) is 3.85. The monoisotopic (exact) mass is 226 g/mol. The first-order valence-corrected chi connectivity index (χ1v) is 8.44. The minimum atomic E-state index is -1.63. The Morgan fingerprint density at radius 1 is 1.33 bits per heavy atom. The lowest BCUT2D eigenvalue weighted by molar-refractivity contribution is 0.142. The summed E-state index contributed by atoms with van der Waals surface area (Å²) in [6, 6.07) is 0. The molecule has 0 unspecified atom stereocenters. The molecule has 0 rings (SSSR count). The molecule has 15 heavy (non-hydrogen) atoms. The SMILES string of the molecule is C=C/C(CC(=C)C)=C(\OC)O[Si](C)(C)C. The van der Waals surface area contributed by atoms with E-state index in [-0.39, 0.29) is 0 Å². The topological polar surface area (TPSA) is 18.5 Å². The van der Waals surface area contributed by atoms with Gasteiger partial charge in [-0.2, -0.15) is 0 Å². The van der Waals surface area contributed by atoms with E-state index in [1.807, 2.05) is 6.92 Å². The second kappa shape index (κ2) is 5.81. The van der Waals surface area contributed by atoms with E-state index in [4.69, 9.17) is 9.16 Å². The Balaban J connectivity index is 4.90. The third-order valence-corrected chi connectivity index (χ3v) is 2.38. The van der Waals surface area contributed by atoms with Gasteiger partial charge in [0.25, 0.3) is 5.95 Å². The molecule has 0 aliphatic carbocycles. The normalized spacial score (nSPS) is 12.9. The first-order valence-electron chi connectivity index (χ1n) is 5.03. The molecule has 0 aromatic heterocycles. The van der Waals surface area contributed by atoms with E-state index in [0.717, 1.165) is 17.6 Å². The van der Waals surface area contributed by atoms with Crippen molar-refractivity contribution in [2.24, 2.45) is 0 Å². The van der Waals surface area contributed by atoms with Crippen molar-refractivity contribution in [3.05, 3.63) is 36.3 Å². The lowest BCUT2D eigenvalue weighted by atomic mass is 10.1. The first kappa shape index (κ1) is 14.0. The van der Waals surface area contributed by atoms with Gasteiger partial charge in [0.15, 0.2) is 0 Å². The van der Waals surface area contributed by atoms with Gasteiger partial charge in [-0.3, -0.25) is 0 Å². The molecule has 0 N–H and O–H groups in total. The third kappa shape index (κ3) is 6.17. The van der Waals surface area contributed by atoms with Gasteiger partial charge in [-0.25, -0.2) is 0 Å². The Morgan fingerprint density at radius 3 is 2.13 bits per heavy atom. The van der Waals surface area contributed by atoms with E-state index in [1.54, 1.807) is 13.2 Å². The molecule has 0 aliphatic rings. The molecule has 0 amide bonds. The zero-order valence-electron chi connectivity index (χ0n) is 10.5. The largest absolute Gasteiger partial charge is 0.520 e. The van der Waals surface area contributed by atoms with Gasteiger partial charge in [0.2, 0.25) is 8.32 Å². The molecule has 0 bridgehead atoms. The fourth-order valence-electron chi connectivity index (χ4n) is 1.07. The molecule has 0 aliphatic heterocycles. The van der Waals surface area contributed by atoms with Gasteiger partial charge in [-0.05, 0) is 33.0 Å². The van der Waals surface area contributed by atoms with Crippen LogP contribution in [0.1, 0.15) is 13.3 Å². The Morgan fingerprint density at radius 2 is 1.87 bits per heavy atom. The summed E-state index contributed by atoms with van der Waals surface area (Å²) in [7, 11) is -0.00924. The molecule has 0 saturated carbocycles. The van der Waals surface area contributed by atoms with Crippen LogP contribution in [-0.2, 0) is 9.16 Å². The van der Waals surface area contributed by atoms with E-state index in [1.165, 1.54) is 0 Å². The molecule has 0 fully saturated rings. The summed E-state index contributed by atoms with van der Waals surface area (Å²) < 4.78 is 11.1. The van der Waals surface area contributed by atoms with Gasteiger partial charge in [0.1, 0.15) is 0 Å². The lowest BCUT2D eigenvalue weighted by Gasteiger charge is -2.22. The van der Waals surface area contributed by atoms with Crippen molar-refractivity contribution >= 4 is 8.32 Å². The molecule has 0 aromatic rings. The molecule has 0 aromatic carbocycles. The molecule has 0 heterocycles. The lowest BCUT2D eigenvalue weighted by Crippen LogP contribution is -2.26. The molecule has 3 heteroatoms. The zero-order chi connectivity index (χ0) is 12.1. The third-order valence-electron chi connectivity index (χ3n) is 1.59. The predicted molar refractivity (Wildman–Crippen MR) is 68.1 cm³/mol. The number of methoxy groups -OCH3 is 1. The minimum absolute atomic E-state index is 0.590. The van der Waals surface area contributed by atoms with Gasteiger partial charge in [-0.15, -0.1) is 0 Å². The van der Waals surface area contributed by atoms with Crippen LogP contribution in [0.5, 0.6) is 0 Å². The number of hydrogen-bond acceptors (Lipinski definition) is 2. The first-order chi connectivity index (χ1) is 6.80. The summed E-state index contributed by atoms with van der Waals surface area (Å²) in [5, 5.41) is 0. The molecular formula is C12H22O2Si. The van der Waals surface area contributed by atoms with Crippen molar-refractivity contribution < 1.29 is 9.16 Å². The van der Waals surface area contributed by atoms with Crippen LogP contribution in [0.4, 0.5) is 0 Å². The highest BCUT2D eigenvalue weighted by molar-refractivity contribution is 6.70. The Hall–Kier alpha value is -0.963. The number of allylic oxidation sites excluding steroid dienone is 3. The van der Waals surface area contributed by atoms with Crippen LogP contribution in [0.15, 0.2) is 36.3 Å². The smallest absolute Gasteiger partial charge is 0.268 e. The second-order valence-corrected chi connectivity index (χ2v) is 9.00. The molecule has 0 radical (unpaired) electrons. The van der Waals surface area contributed by atoms with Crippen LogP contribution in [0.2, 0.25) is 19.6 Å². The quantitative estimate of drug-likeness (QED) is 0.296. The van der Waals surface area contributed by atoms with Crippen LogP contribution in [0, 0.1) is 0 Å². The molecule has 0 saturated heterocycles. The highest BCUT2D eigenvalue weighted by Crippen LogP contribution is 2.20. The fraction of sp³-hybridized carbons (Fsp3) is 0.500. The Kier molecular flexibility index (Phi) is 5.43. The number of rotatable bonds is 6. The van der Waals surface area contributed by atoms with Crippen molar-refractivity contribution in [1.29, 1.82) is 0 Å². The molecule has 0 spiro atoms. The average Bonchev–Trinajstić information content (AvgIpc) is 2.08. The van der Waals surface area contributed by atoms with Crippen molar-refractivity contribution in [1.82, 2.24) is 0 Å².